The molecule has 0 aliphatic carbocycles. The first-order chi connectivity index (χ1) is 9.56. The van der Waals surface area contributed by atoms with Gasteiger partial charge in [0.05, 0.1) is 0 Å². The van der Waals surface area contributed by atoms with Crippen molar-refractivity contribution >= 4 is 11.7 Å². The number of nitrogens with one attached hydrogen (secondary N) is 1. The Kier molecular flexibility index (Phi) is 6.56. The number of hydrogen-bond donors (Lipinski definition) is 3. The summed E-state index contributed by atoms with van der Waals surface area (Å²) in [7, 11) is 0. The van der Waals surface area contributed by atoms with Gasteiger partial charge in [-0.25, -0.2) is 0 Å². The van der Waals surface area contributed by atoms with Crippen molar-refractivity contribution in [1.29, 1.82) is 0 Å². The van der Waals surface area contributed by atoms with Crippen LogP contribution in [-0.4, -0.2) is 23.0 Å². The van der Waals surface area contributed by atoms with Crippen LogP contribution in [0.3, 0.4) is 0 Å². The van der Waals surface area contributed by atoms with E-state index in [1.807, 2.05) is 38.1 Å². The highest BCUT2D eigenvalue weighted by Gasteiger charge is 2.12. The summed E-state index contributed by atoms with van der Waals surface area (Å²) in [6.07, 6.45) is 2.27. The topological polar surface area (TPSA) is 87.7 Å². The Balaban J connectivity index is 2.45. The van der Waals surface area contributed by atoms with Crippen LogP contribution in [0.1, 0.15) is 37.3 Å². The van der Waals surface area contributed by atoms with Gasteiger partial charge in [-0.1, -0.05) is 36.3 Å². The van der Waals surface area contributed by atoms with Crippen molar-refractivity contribution in [3.8, 4) is 0 Å². The van der Waals surface area contributed by atoms with E-state index in [0.29, 0.717) is 12.8 Å². The molecule has 20 heavy (non-hydrogen) atoms. The number of carbonyl (C=O) groups is 1. The average molecular weight is 277 g/mol. The highest BCUT2D eigenvalue weighted by molar-refractivity contribution is 5.82. The van der Waals surface area contributed by atoms with Crippen LogP contribution in [0.5, 0.6) is 0 Å². The lowest BCUT2D eigenvalue weighted by Gasteiger charge is -2.16. The summed E-state index contributed by atoms with van der Waals surface area (Å²) in [5, 5.41) is 14.4. The van der Waals surface area contributed by atoms with Gasteiger partial charge < -0.3 is 16.3 Å². The zero-order chi connectivity index (χ0) is 15.0. The van der Waals surface area contributed by atoms with E-state index in [0.717, 1.165) is 12.8 Å². The molecule has 0 radical (unpaired) electrons. The van der Waals surface area contributed by atoms with E-state index < -0.39 is 0 Å². The number of nitrogens with zero attached hydrogens (tertiary/aromatic N) is 1. The summed E-state index contributed by atoms with van der Waals surface area (Å²) in [6.45, 7) is 4.00. The Morgan fingerprint density at radius 1 is 1.45 bits per heavy atom. The minimum atomic E-state index is -0.0877. The van der Waals surface area contributed by atoms with E-state index >= 15 is 0 Å². The molecule has 4 N–H and O–H groups in total. The standard InChI is InChI=1S/C15H23N3O2/c1-3-13(10-14(16)18-20)17-15(19)9-8-12-7-5-4-6-11(12)2/h4-7,13,20H,3,8-10H2,1-2H3,(H2,16,18)(H,17,19). The SMILES string of the molecule is CCC(CC(N)=NO)NC(=O)CCc1ccccc1C. The molecular weight excluding hydrogens is 254 g/mol. The highest BCUT2D eigenvalue weighted by atomic mass is 16.4. The molecule has 5 heteroatoms. The fourth-order valence-electron chi connectivity index (χ4n) is 2.03. The van der Waals surface area contributed by atoms with Crippen LogP contribution in [0, 0.1) is 6.92 Å². The van der Waals surface area contributed by atoms with Crippen molar-refractivity contribution in [1.82, 2.24) is 5.32 Å². The largest absolute Gasteiger partial charge is 0.409 e. The molecule has 0 bridgehead atoms. The summed E-state index contributed by atoms with van der Waals surface area (Å²) in [5.74, 6) is 0.127. The lowest BCUT2D eigenvalue weighted by atomic mass is 10.0. The van der Waals surface area contributed by atoms with Gasteiger partial charge in [0.2, 0.25) is 5.91 Å². The van der Waals surface area contributed by atoms with Crippen molar-refractivity contribution in [3.63, 3.8) is 0 Å². The maximum atomic E-state index is 11.9. The zero-order valence-corrected chi connectivity index (χ0v) is 12.1. The average Bonchev–Trinajstić information content (AvgIpc) is 2.45. The van der Waals surface area contributed by atoms with Crippen LogP contribution in [0.15, 0.2) is 29.4 Å². The van der Waals surface area contributed by atoms with E-state index in [1.54, 1.807) is 0 Å². The van der Waals surface area contributed by atoms with E-state index in [9.17, 15) is 4.79 Å². The lowest BCUT2D eigenvalue weighted by Crippen LogP contribution is -2.37. The van der Waals surface area contributed by atoms with Gasteiger partial charge in [0.25, 0.3) is 0 Å². The predicted molar refractivity (Wildman–Crippen MR) is 79.7 cm³/mol. The monoisotopic (exact) mass is 277 g/mol. The van der Waals surface area contributed by atoms with Crippen molar-refractivity contribution in [2.24, 2.45) is 10.9 Å². The third-order valence-corrected chi connectivity index (χ3v) is 3.32. The van der Waals surface area contributed by atoms with Crippen LogP contribution >= 0.6 is 0 Å². The molecule has 0 saturated heterocycles. The molecular formula is C15H23N3O2. The minimum Gasteiger partial charge on any atom is -0.409 e. The normalized spacial score (nSPS) is 13.0. The van der Waals surface area contributed by atoms with Crippen molar-refractivity contribution in [3.05, 3.63) is 35.4 Å². The fourth-order valence-corrected chi connectivity index (χ4v) is 2.03. The van der Waals surface area contributed by atoms with Gasteiger partial charge in [-0.2, -0.15) is 0 Å². The third-order valence-electron chi connectivity index (χ3n) is 3.32. The maximum absolute atomic E-state index is 11.9. The number of benzene rings is 1. The van der Waals surface area contributed by atoms with Gasteiger partial charge in [-0.3, -0.25) is 4.79 Å². The van der Waals surface area contributed by atoms with Crippen molar-refractivity contribution in [2.75, 3.05) is 0 Å². The molecule has 0 spiro atoms. The Labute approximate surface area is 119 Å². The maximum Gasteiger partial charge on any atom is 0.220 e. The first kappa shape index (κ1) is 16.0. The molecule has 1 rings (SSSR count). The second-order valence-electron chi connectivity index (χ2n) is 4.89. The number of hydrogen-bond acceptors (Lipinski definition) is 3. The van der Waals surface area contributed by atoms with Crippen molar-refractivity contribution < 1.29 is 10.0 Å². The molecule has 0 aliphatic heterocycles. The van der Waals surface area contributed by atoms with E-state index in [4.69, 9.17) is 10.9 Å². The predicted octanol–water partition coefficient (Wildman–Crippen LogP) is 1.96. The molecule has 1 amide bonds. The van der Waals surface area contributed by atoms with E-state index in [2.05, 4.69) is 10.5 Å². The number of carbonyl (C=O) groups excluding carboxylic acids is 1. The Morgan fingerprint density at radius 2 is 2.15 bits per heavy atom. The number of amides is 1. The molecule has 0 fully saturated rings. The second-order valence-corrected chi connectivity index (χ2v) is 4.89. The number of aryl methyl sites for hydroxylation is 2. The summed E-state index contributed by atoms with van der Waals surface area (Å²) < 4.78 is 0. The van der Waals surface area contributed by atoms with Crippen molar-refractivity contribution in [2.45, 2.75) is 45.6 Å². The molecule has 0 saturated carbocycles. The minimum absolute atomic E-state index is 0.00848. The summed E-state index contributed by atoms with van der Waals surface area (Å²) in [4.78, 5) is 11.9. The third kappa shape index (κ3) is 5.30. The molecule has 1 aromatic rings. The Bertz CT molecular complexity index is 472. The van der Waals surface area contributed by atoms with Crippen LogP contribution in [0.4, 0.5) is 0 Å². The summed E-state index contributed by atoms with van der Waals surface area (Å²) in [6, 6.07) is 7.96. The van der Waals surface area contributed by atoms with Gasteiger partial charge >= 0.3 is 0 Å². The Hall–Kier alpha value is -2.04. The molecule has 1 aromatic carbocycles. The number of rotatable bonds is 7. The molecule has 0 aliphatic rings. The van der Waals surface area contributed by atoms with Gasteiger partial charge in [0.1, 0.15) is 5.84 Å². The quantitative estimate of drug-likeness (QED) is 0.308. The summed E-state index contributed by atoms with van der Waals surface area (Å²) in [5.41, 5.74) is 7.84. The summed E-state index contributed by atoms with van der Waals surface area (Å²) >= 11 is 0. The van der Waals surface area contributed by atoms with Crippen LogP contribution in [-0.2, 0) is 11.2 Å². The lowest BCUT2D eigenvalue weighted by molar-refractivity contribution is -0.121. The van der Waals surface area contributed by atoms with Crippen LogP contribution < -0.4 is 11.1 Å². The first-order valence-corrected chi connectivity index (χ1v) is 6.87. The van der Waals surface area contributed by atoms with E-state index in [-0.39, 0.29) is 17.8 Å². The molecule has 1 unspecified atom stereocenters. The van der Waals surface area contributed by atoms with Gasteiger partial charge in [0.15, 0.2) is 0 Å². The van der Waals surface area contributed by atoms with E-state index in [1.165, 1.54) is 11.1 Å². The van der Waals surface area contributed by atoms with Crippen LogP contribution in [0.25, 0.3) is 0 Å². The highest BCUT2D eigenvalue weighted by Crippen LogP contribution is 2.09. The Morgan fingerprint density at radius 3 is 2.75 bits per heavy atom. The molecule has 110 valence electrons. The number of oxime groups is 1. The number of amidine groups is 1. The van der Waals surface area contributed by atoms with Gasteiger partial charge in [-0.15, -0.1) is 0 Å². The first-order valence-electron chi connectivity index (χ1n) is 6.87. The second kappa shape index (κ2) is 8.19. The molecule has 1 atom stereocenters. The van der Waals surface area contributed by atoms with Gasteiger partial charge in [-0.05, 0) is 30.9 Å². The van der Waals surface area contributed by atoms with Gasteiger partial charge in [0, 0.05) is 18.9 Å². The molecule has 5 nitrogen and oxygen atoms in total. The fraction of sp³-hybridized carbons (Fsp3) is 0.467. The number of nitrogens with two attached hydrogens (primary N) is 1. The van der Waals surface area contributed by atoms with Crippen LogP contribution in [0.2, 0.25) is 0 Å². The smallest absolute Gasteiger partial charge is 0.220 e. The zero-order valence-electron chi connectivity index (χ0n) is 12.1. The molecule has 0 heterocycles. The molecule has 0 aromatic heterocycles.